The van der Waals surface area contributed by atoms with Gasteiger partial charge in [0.1, 0.15) is 5.75 Å². The molecular weight excluding hydrogens is 318 g/mol. The van der Waals surface area contributed by atoms with Gasteiger partial charge in [-0.25, -0.2) is 0 Å². The third kappa shape index (κ3) is 6.77. The Morgan fingerprint density at radius 3 is 2.52 bits per heavy atom. The molecule has 1 saturated carbocycles. The molecule has 5 heteroatoms. The first-order valence-corrected chi connectivity index (χ1v) is 9.24. The van der Waals surface area contributed by atoms with E-state index in [1.807, 2.05) is 31.2 Å². The number of para-hydroxylation sites is 1. The normalized spacial score (nSPS) is 16.6. The summed E-state index contributed by atoms with van der Waals surface area (Å²) in [5.74, 6) is 0.131. The van der Waals surface area contributed by atoms with Crippen LogP contribution in [0.3, 0.4) is 0 Å². The van der Waals surface area contributed by atoms with Crippen LogP contribution in [0.5, 0.6) is 5.75 Å². The highest BCUT2D eigenvalue weighted by Gasteiger charge is 2.21. The van der Waals surface area contributed by atoms with Crippen LogP contribution in [-0.4, -0.2) is 30.6 Å². The number of ether oxygens (including phenoxy) is 2. The van der Waals surface area contributed by atoms with Gasteiger partial charge in [-0.1, -0.05) is 43.9 Å². The smallest absolute Gasteiger partial charge is 0.310 e. The number of esters is 1. The summed E-state index contributed by atoms with van der Waals surface area (Å²) in [5.41, 5.74) is 1.02. The summed E-state index contributed by atoms with van der Waals surface area (Å²) in [4.78, 5) is 24.1. The molecule has 0 heterocycles. The molecule has 5 nitrogen and oxygen atoms in total. The molecule has 0 radical (unpaired) electrons. The quantitative estimate of drug-likeness (QED) is 0.605. The first-order chi connectivity index (χ1) is 12.1. The summed E-state index contributed by atoms with van der Waals surface area (Å²) in [6.45, 7) is 3.81. The number of hydrogen-bond donors (Lipinski definition) is 1. The Morgan fingerprint density at radius 2 is 1.84 bits per heavy atom. The third-order valence-electron chi connectivity index (χ3n) is 4.54. The van der Waals surface area contributed by atoms with Crippen LogP contribution in [0.1, 0.15) is 57.4 Å². The molecule has 0 unspecified atom stereocenters. The molecule has 0 bridgehead atoms. The lowest BCUT2D eigenvalue weighted by molar-refractivity contribution is -0.155. The van der Waals surface area contributed by atoms with Gasteiger partial charge in [-0.2, -0.15) is 0 Å². The predicted molar refractivity (Wildman–Crippen MR) is 96.5 cm³/mol. The first-order valence-electron chi connectivity index (χ1n) is 9.24. The second kappa shape index (κ2) is 10.1. The van der Waals surface area contributed by atoms with Crippen LogP contribution in [0.4, 0.5) is 0 Å². The zero-order chi connectivity index (χ0) is 18.1. The van der Waals surface area contributed by atoms with Gasteiger partial charge < -0.3 is 14.8 Å². The van der Waals surface area contributed by atoms with Crippen molar-refractivity contribution < 1.29 is 19.1 Å². The van der Waals surface area contributed by atoms with E-state index < -0.39 is 12.1 Å². The Balaban J connectivity index is 1.68. The van der Waals surface area contributed by atoms with Gasteiger partial charge in [0, 0.05) is 6.04 Å². The third-order valence-corrected chi connectivity index (χ3v) is 4.54. The van der Waals surface area contributed by atoms with Crippen molar-refractivity contribution in [2.75, 3.05) is 6.61 Å². The van der Waals surface area contributed by atoms with Crippen molar-refractivity contribution in [1.82, 2.24) is 5.32 Å². The van der Waals surface area contributed by atoms with Crippen molar-refractivity contribution >= 4 is 11.9 Å². The molecule has 1 fully saturated rings. The summed E-state index contributed by atoms with van der Waals surface area (Å²) in [6.07, 6.45) is 6.14. The summed E-state index contributed by atoms with van der Waals surface area (Å²) in [7, 11) is 0. The van der Waals surface area contributed by atoms with Crippen molar-refractivity contribution in [2.45, 2.75) is 70.9 Å². The number of nitrogens with one attached hydrogen (secondary N) is 1. The average Bonchev–Trinajstić information content (AvgIpc) is 2.85. The highest BCUT2D eigenvalue weighted by molar-refractivity contribution is 5.83. The van der Waals surface area contributed by atoms with Gasteiger partial charge in [0.25, 0.3) is 5.91 Å². The highest BCUT2D eigenvalue weighted by atomic mass is 16.5. The van der Waals surface area contributed by atoms with E-state index in [0.717, 1.165) is 37.0 Å². The van der Waals surface area contributed by atoms with Crippen LogP contribution in [0, 0.1) is 6.92 Å². The summed E-state index contributed by atoms with van der Waals surface area (Å²) >= 11 is 0. The molecule has 0 aromatic heterocycles. The second-order valence-electron chi connectivity index (χ2n) is 6.69. The van der Waals surface area contributed by atoms with Crippen LogP contribution in [0.2, 0.25) is 0 Å². The van der Waals surface area contributed by atoms with Gasteiger partial charge in [-0.15, -0.1) is 0 Å². The molecule has 25 heavy (non-hydrogen) atoms. The summed E-state index contributed by atoms with van der Waals surface area (Å²) in [6, 6.07) is 7.85. The van der Waals surface area contributed by atoms with Gasteiger partial charge in [-0.3, -0.25) is 9.59 Å². The van der Waals surface area contributed by atoms with E-state index in [2.05, 4.69) is 5.32 Å². The monoisotopic (exact) mass is 347 g/mol. The topological polar surface area (TPSA) is 64.6 Å². The van der Waals surface area contributed by atoms with Gasteiger partial charge in [-0.05, 0) is 38.3 Å². The number of carbonyl (C=O) groups is 2. The van der Waals surface area contributed by atoms with Crippen molar-refractivity contribution in [3.8, 4) is 5.75 Å². The Morgan fingerprint density at radius 1 is 1.16 bits per heavy atom. The van der Waals surface area contributed by atoms with E-state index >= 15 is 0 Å². The number of amides is 1. The van der Waals surface area contributed by atoms with Gasteiger partial charge in [0.2, 0.25) is 0 Å². The molecule has 0 aliphatic heterocycles. The SMILES string of the molecule is Cc1ccccc1OCCC(=O)O[C@@H](C)C(=O)NC1CCCCCC1. The van der Waals surface area contributed by atoms with Crippen molar-refractivity contribution in [1.29, 1.82) is 0 Å². The zero-order valence-electron chi connectivity index (χ0n) is 15.3. The molecule has 138 valence electrons. The molecule has 0 spiro atoms. The summed E-state index contributed by atoms with van der Waals surface area (Å²) in [5, 5.41) is 3.01. The Kier molecular flexibility index (Phi) is 7.76. The number of aryl methyl sites for hydroxylation is 1. The lowest BCUT2D eigenvalue weighted by atomic mass is 10.1. The van der Waals surface area contributed by atoms with Crippen LogP contribution in [0.25, 0.3) is 0 Å². The molecule has 0 saturated heterocycles. The van der Waals surface area contributed by atoms with E-state index in [0.29, 0.717) is 0 Å². The van der Waals surface area contributed by atoms with Gasteiger partial charge in [0.15, 0.2) is 6.10 Å². The largest absolute Gasteiger partial charge is 0.493 e. The fourth-order valence-electron chi connectivity index (χ4n) is 3.01. The number of benzene rings is 1. The minimum atomic E-state index is -0.769. The molecule has 1 aliphatic carbocycles. The van der Waals surface area contributed by atoms with Crippen LogP contribution >= 0.6 is 0 Å². The number of rotatable bonds is 7. The maximum absolute atomic E-state index is 12.2. The van der Waals surface area contributed by atoms with Crippen LogP contribution in [0.15, 0.2) is 24.3 Å². The fraction of sp³-hybridized carbons (Fsp3) is 0.600. The van der Waals surface area contributed by atoms with Crippen molar-refractivity contribution in [3.05, 3.63) is 29.8 Å². The molecular formula is C20H29NO4. The molecule has 1 aliphatic rings. The molecule has 2 rings (SSSR count). The highest BCUT2D eigenvalue weighted by Crippen LogP contribution is 2.18. The first kappa shape index (κ1) is 19.3. The lowest BCUT2D eigenvalue weighted by Crippen LogP contribution is -2.42. The van der Waals surface area contributed by atoms with E-state index in [1.54, 1.807) is 6.92 Å². The number of carbonyl (C=O) groups excluding carboxylic acids is 2. The fourth-order valence-corrected chi connectivity index (χ4v) is 3.01. The maximum Gasteiger partial charge on any atom is 0.310 e. The molecule has 1 aromatic rings. The number of hydrogen-bond acceptors (Lipinski definition) is 4. The predicted octanol–water partition coefficient (Wildman–Crippen LogP) is 3.53. The van der Waals surface area contributed by atoms with Crippen molar-refractivity contribution in [3.63, 3.8) is 0 Å². The van der Waals surface area contributed by atoms with Gasteiger partial charge in [0.05, 0.1) is 13.0 Å². The molecule has 1 aromatic carbocycles. The van der Waals surface area contributed by atoms with Crippen LogP contribution in [-0.2, 0) is 14.3 Å². The molecule has 1 N–H and O–H groups in total. The standard InChI is InChI=1S/C20H29NO4/c1-15-9-7-8-12-18(15)24-14-13-19(22)25-16(2)20(23)21-17-10-5-3-4-6-11-17/h7-9,12,16-17H,3-6,10-11,13-14H2,1-2H3,(H,21,23)/t16-/m0/s1. The van der Waals surface area contributed by atoms with Crippen LogP contribution < -0.4 is 10.1 Å². The minimum Gasteiger partial charge on any atom is -0.493 e. The molecule has 1 amide bonds. The average molecular weight is 347 g/mol. The lowest BCUT2D eigenvalue weighted by Gasteiger charge is -2.19. The Bertz CT molecular complexity index is 565. The molecule has 1 atom stereocenters. The minimum absolute atomic E-state index is 0.120. The van der Waals surface area contributed by atoms with Gasteiger partial charge >= 0.3 is 5.97 Å². The summed E-state index contributed by atoms with van der Waals surface area (Å²) < 4.78 is 10.8. The van der Waals surface area contributed by atoms with E-state index in [4.69, 9.17) is 9.47 Å². The van der Waals surface area contributed by atoms with E-state index in [1.165, 1.54) is 12.8 Å². The van der Waals surface area contributed by atoms with Crippen molar-refractivity contribution in [2.24, 2.45) is 0 Å². The van der Waals surface area contributed by atoms with E-state index in [9.17, 15) is 9.59 Å². The maximum atomic E-state index is 12.2. The van der Waals surface area contributed by atoms with E-state index in [-0.39, 0.29) is 25.0 Å². The Labute approximate surface area is 150 Å². The second-order valence-corrected chi connectivity index (χ2v) is 6.69. The Hall–Kier alpha value is -2.04. The zero-order valence-corrected chi connectivity index (χ0v) is 15.3.